The molecular formula is C15H27N3O3. The second-order valence-electron chi connectivity index (χ2n) is 6.85. The van der Waals surface area contributed by atoms with Gasteiger partial charge in [0.1, 0.15) is 0 Å². The average Bonchev–Trinajstić information content (AvgIpc) is 2.42. The van der Waals surface area contributed by atoms with Gasteiger partial charge in [-0.05, 0) is 12.8 Å². The zero-order valence-electron chi connectivity index (χ0n) is 13.7. The van der Waals surface area contributed by atoms with Gasteiger partial charge in [0.05, 0.1) is 12.5 Å². The van der Waals surface area contributed by atoms with Gasteiger partial charge in [-0.15, -0.1) is 0 Å². The molecule has 0 aromatic carbocycles. The first-order valence-corrected chi connectivity index (χ1v) is 7.40. The summed E-state index contributed by atoms with van der Waals surface area (Å²) in [5.41, 5.74) is -0.431. The fraction of sp³-hybridized carbons (Fsp3) is 0.800. The molecule has 0 aromatic rings. The van der Waals surface area contributed by atoms with Crippen molar-refractivity contribution in [2.45, 2.75) is 33.6 Å². The Hall–Kier alpha value is -1.59. The minimum atomic E-state index is -0.431. The lowest BCUT2D eigenvalue weighted by atomic mass is 9.91. The number of carbonyl (C=O) groups is 3. The summed E-state index contributed by atoms with van der Waals surface area (Å²) in [7, 11) is 3.30. The van der Waals surface area contributed by atoms with Crippen LogP contribution in [-0.2, 0) is 14.4 Å². The van der Waals surface area contributed by atoms with Crippen molar-refractivity contribution in [2.75, 3.05) is 33.7 Å². The maximum absolute atomic E-state index is 12.3. The molecule has 1 aliphatic rings. The van der Waals surface area contributed by atoms with Crippen molar-refractivity contribution in [3.8, 4) is 0 Å². The summed E-state index contributed by atoms with van der Waals surface area (Å²) in [5, 5.41) is 2.66. The fourth-order valence-corrected chi connectivity index (χ4v) is 2.32. The van der Waals surface area contributed by atoms with Crippen molar-refractivity contribution in [3.63, 3.8) is 0 Å². The lowest BCUT2D eigenvalue weighted by Crippen LogP contribution is -2.49. The topological polar surface area (TPSA) is 69.7 Å². The minimum Gasteiger partial charge on any atom is -0.347 e. The number of nitrogens with one attached hydrogen (secondary N) is 1. The van der Waals surface area contributed by atoms with E-state index in [1.807, 2.05) is 20.8 Å². The highest BCUT2D eigenvalue weighted by Gasteiger charge is 2.33. The number of likely N-dealkylation sites (N-methyl/N-ethyl adjacent to an activating group) is 1. The molecule has 0 bridgehead atoms. The van der Waals surface area contributed by atoms with Gasteiger partial charge in [0.15, 0.2) is 0 Å². The SMILES string of the molecule is CN(C)C(=O)CNC(=O)C1CCCN(C(=O)C(C)(C)C)C1. The number of amides is 3. The molecular weight excluding hydrogens is 270 g/mol. The molecule has 0 saturated carbocycles. The van der Waals surface area contributed by atoms with E-state index >= 15 is 0 Å². The Balaban J connectivity index is 2.54. The van der Waals surface area contributed by atoms with Crippen LogP contribution in [-0.4, -0.2) is 61.3 Å². The largest absolute Gasteiger partial charge is 0.347 e. The quantitative estimate of drug-likeness (QED) is 0.823. The van der Waals surface area contributed by atoms with E-state index in [2.05, 4.69) is 5.32 Å². The van der Waals surface area contributed by atoms with E-state index in [-0.39, 0.29) is 30.2 Å². The summed E-state index contributed by atoms with van der Waals surface area (Å²) >= 11 is 0. The van der Waals surface area contributed by atoms with Crippen molar-refractivity contribution < 1.29 is 14.4 Å². The van der Waals surface area contributed by atoms with Gasteiger partial charge in [0.25, 0.3) is 0 Å². The van der Waals surface area contributed by atoms with Gasteiger partial charge in [0, 0.05) is 32.6 Å². The van der Waals surface area contributed by atoms with Crippen LogP contribution in [0.3, 0.4) is 0 Å². The molecule has 6 heteroatoms. The van der Waals surface area contributed by atoms with Crippen LogP contribution in [0.15, 0.2) is 0 Å². The maximum Gasteiger partial charge on any atom is 0.241 e. The number of likely N-dealkylation sites (tertiary alicyclic amines) is 1. The van der Waals surface area contributed by atoms with E-state index in [0.717, 1.165) is 12.8 Å². The summed E-state index contributed by atoms with van der Waals surface area (Å²) in [5.74, 6) is -0.428. The number of piperidine rings is 1. The highest BCUT2D eigenvalue weighted by molar-refractivity contribution is 5.87. The van der Waals surface area contributed by atoms with Gasteiger partial charge >= 0.3 is 0 Å². The molecule has 6 nitrogen and oxygen atoms in total. The van der Waals surface area contributed by atoms with E-state index in [1.165, 1.54) is 4.90 Å². The van der Waals surface area contributed by atoms with Crippen LogP contribution < -0.4 is 5.32 Å². The van der Waals surface area contributed by atoms with Crippen LogP contribution in [0.25, 0.3) is 0 Å². The third-order valence-corrected chi connectivity index (χ3v) is 3.63. The van der Waals surface area contributed by atoms with Crippen LogP contribution in [0.2, 0.25) is 0 Å². The monoisotopic (exact) mass is 297 g/mol. The lowest BCUT2D eigenvalue weighted by Gasteiger charge is -2.35. The van der Waals surface area contributed by atoms with E-state index in [4.69, 9.17) is 0 Å². The van der Waals surface area contributed by atoms with Crippen molar-refractivity contribution in [1.82, 2.24) is 15.1 Å². The molecule has 1 fully saturated rings. The molecule has 1 unspecified atom stereocenters. The molecule has 1 heterocycles. The predicted molar refractivity (Wildman–Crippen MR) is 80.5 cm³/mol. The van der Waals surface area contributed by atoms with E-state index in [0.29, 0.717) is 13.1 Å². The first-order valence-electron chi connectivity index (χ1n) is 7.40. The zero-order valence-corrected chi connectivity index (χ0v) is 13.7. The first-order chi connectivity index (χ1) is 9.62. The van der Waals surface area contributed by atoms with Crippen molar-refractivity contribution in [3.05, 3.63) is 0 Å². The molecule has 0 aliphatic carbocycles. The van der Waals surface area contributed by atoms with Crippen LogP contribution in [0.1, 0.15) is 33.6 Å². The number of nitrogens with zero attached hydrogens (tertiary/aromatic N) is 2. The highest BCUT2D eigenvalue weighted by atomic mass is 16.2. The molecule has 0 radical (unpaired) electrons. The molecule has 1 rings (SSSR count). The molecule has 3 amide bonds. The summed E-state index contributed by atoms with van der Waals surface area (Å²) in [6.07, 6.45) is 1.58. The molecule has 0 aromatic heterocycles. The second-order valence-corrected chi connectivity index (χ2v) is 6.85. The van der Waals surface area contributed by atoms with E-state index in [9.17, 15) is 14.4 Å². The van der Waals surface area contributed by atoms with Gasteiger partial charge in [-0.2, -0.15) is 0 Å². The molecule has 0 spiro atoms. The predicted octanol–water partition coefficient (Wildman–Crippen LogP) is 0.476. The smallest absolute Gasteiger partial charge is 0.241 e. The Labute approximate surface area is 126 Å². The Morgan fingerprint density at radius 1 is 1.24 bits per heavy atom. The zero-order chi connectivity index (χ0) is 16.2. The standard InChI is InChI=1S/C15H27N3O3/c1-15(2,3)14(21)18-8-6-7-11(10-18)13(20)16-9-12(19)17(4)5/h11H,6-10H2,1-5H3,(H,16,20). The summed E-state index contributed by atoms with van der Waals surface area (Å²) in [6.45, 7) is 6.81. The maximum atomic E-state index is 12.3. The molecule has 1 N–H and O–H groups in total. The van der Waals surface area contributed by atoms with Crippen LogP contribution in [0.4, 0.5) is 0 Å². The van der Waals surface area contributed by atoms with Crippen molar-refractivity contribution >= 4 is 17.7 Å². The van der Waals surface area contributed by atoms with Gasteiger partial charge in [-0.25, -0.2) is 0 Å². The molecule has 1 aliphatic heterocycles. The molecule has 1 saturated heterocycles. The van der Waals surface area contributed by atoms with Crippen molar-refractivity contribution in [2.24, 2.45) is 11.3 Å². The Bertz CT molecular complexity index is 413. The van der Waals surface area contributed by atoms with Gasteiger partial charge in [0.2, 0.25) is 17.7 Å². The van der Waals surface area contributed by atoms with Crippen LogP contribution in [0, 0.1) is 11.3 Å². The number of hydrogen-bond donors (Lipinski definition) is 1. The third-order valence-electron chi connectivity index (χ3n) is 3.63. The highest BCUT2D eigenvalue weighted by Crippen LogP contribution is 2.23. The fourth-order valence-electron chi connectivity index (χ4n) is 2.32. The summed E-state index contributed by atoms with van der Waals surface area (Å²) < 4.78 is 0. The number of carbonyl (C=O) groups excluding carboxylic acids is 3. The normalized spacial score (nSPS) is 19.1. The summed E-state index contributed by atoms with van der Waals surface area (Å²) in [6, 6.07) is 0. The Kier molecular flexibility index (Phi) is 5.75. The third kappa shape index (κ3) is 5.02. The lowest BCUT2D eigenvalue weighted by molar-refractivity contribution is -0.143. The van der Waals surface area contributed by atoms with Gasteiger partial charge in [-0.3, -0.25) is 14.4 Å². The molecule has 21 heavy (non-hydrogen) atoms. The Morgan fingerprint density at radius 2 is 1.86 bits per heavy atom. The van der Waals surface area contributed by atoms with Gasteiger partial charge < -0.3 is 15.1 Å². The molecule has 1 atom stereocenters. The average molecular weight is 297 g/mol. The second kappa shape index (κ2) is 6.91. The summed E-state index contributed by atoms with van der Waals surface area (Å²) in [4.78, 5) is 39.1. The first kappa shape index (κ1) is 17.5. The van der Waals surface area contributed by atoms with Crippen molar-refractivity contribution in [1.29, 1.82) is 0 Å². The van der Waals surface area contributed by atoms with E-state index in [1.54, 1.807) is 19.0 Å². The van der Waals surface area contributed by atoms with Crippen LogP contribution in [0.5, 0.6) is 0 Å². The van der Waals surface area contributed by atoms with E-state index < -0.39 is 5.41 Å². The molecule has 120 valence electrons. The number of rotatable bonds is 3. The number of hydrogen-bond acceptors (Lipinski definition) is 3. The van der Waals surface area contributed by atoms with Crippen LogP contribution >= 0.6 is 0 Å². The Morgan fingerprint density at radius 3 is 2.38 bits per heavy atom. The van der Waals surface area contributed by atoms with Gasteiger partial charge in [-0.1, -0.05) is 20.8 Å². The minimum absolute atomic E-state index is 0.00947.